The van der Waals surface area contributed by atoms with Crippen molar-refractivity contribution in [2.45, 2.75) is 18.9 Å². The number of ether oxygens (including phenoxy) is 1. The standard InChI is InChI=1S/C21H24N4O3/c26-20(16-24-13-14-25(21(24)27)17-5-2-1-3-6-17)23-12-4-7-19(15-23)28-18-8-10-22-11-9-18/h1-3,5-6,8-11,19H,4,7,12-16H2. The molecule has 146 valence electrons. The molecule has 0 spiro atoms. The van der Waals surface area contributed by atoms with E-state index in [9.17, 15) is 9.59 Å². The van der Waals surface area contributed by atoms with E-state index in [4.69, 9.17) is 4.74 Å². The first-order valence-corrected chi connectivity index (χ1v) is 9.66. The Balaban J connectivity index is 1.33. The van der Waals surface area contributed by atoms with E-state index >= 15 is 0 Å². The minimum atomic E-state index is -0.110. The summed E-state index contributed by atoms with van der Waals surface area (Å²) in [5.74, 6) is 0.744. The maximum atomic E-state index is 12.8. The number of piperidine rings is 1. The maximum Gasteiger partial charge on any atom is 0.325 e. The first-order valence-electron chi connectivity index (χ1n) is 9.66. The van der Waals surface area contributed by atoms with Crippen LogP contribution in [0.3, 0.4) is 0 Å². The highest BCUT2D eigenvalue weighted by atomic mass is 16.5. The van der Waals surface area contributed by atoms with E-state index in [0.717, 1.165) is 24.3 Å². The summed E-state index contributed by atoms with van der Waals surface area (Å²) in [4.78, 5) is 34.6. The van der Waals surface area contributed by atoms with Crippen LogP contribution in [0.1, 0.15) is 12.8 Å². The molecule has 0 aliphatic carbocycles. The Labute approximate surface area is 164 Å². The lowest BCUT2D eigenvalue weighted by molar-refractivity contribution is -0.134. The average molecular weight is 380 g/mol. The maximum absolute atomic E-state index is 12.8. The van der Waals surface area contributed by atoms with E-state index in [-0.39, 0.29) is 24.6 Å². The first kappa shape index (κ1) is 18.3. The SMILES string of the molecule is O=C(CN1CCN(c2ccccc2)C1=O)N1CCCC(Oc2ccncc2)C1. The Morgan fingerprint density at radius 2 is 1.86 bits per heavy atom. The van der Waals surface area contributed by atoms with Crippen LogP contribution in [0.5, 0.6) is 5.75 Å². The number of aromatic nitrogens is 1. The molecule has 2 aliphatic rings. The Morgan fingerprint density at radius 1 is 1.07 bits per heavy atom. The van der Waals surface area contributed by atoms with E-state index < -0.39 is 0 Å². The number of carbonyl (C=O) groups is 2. The van der Waals surface area contributed by atoms with Gasteiger partial charge in [0.05, 0.1) is 6.54 Å². The molecule has 1 aromatic carbocycles. The molecule has 3 heterocycles. The molecule has 0 saturated carbocycles. The van der Waals surface area contributed by atoms with Gasteiger partial charge < -0.3 is 14.5 Å². The lowest BCUT2D eigenvalue weighted by Crippen LogP contribution is -2.48. The molecule has 7 heteroatoms. The van der Waals surface area contributed by atoms with Crippen LogP contribution >= 0.6 is 0 Å². The van der Waals surface area contributed by atoms with Crippen LogP contribution in [0.4, 0.5) is 10.5 Å². The molecule has 2 aliphatic heterocycles. The third-order valence-corrected chi connectivity index (χ3v) is 5.17. The molecule has 0 N–H and O–H groups in total. The second kappa shape index (κ2) is 8.29. The third-order valence-electron chi connectivity index (χ3n) is 5.17. The lowest BCUT2D eigenvalue weighted by Gasteiger charge is -2.33. The molecule has 3 amide bonds. The smallest absolute Gasteiger partial charge is 0.325 e. The highest BCUT2D eigenvalue weighted by Crippen LogP contribution is 2.21. The summed E-state index contributed by atoms with van der Waals surface area (Å²) in [6, 6.07) is 13.1. The van der Waals surface area contributed by atoms with Crippen LogP contribution < -0.4 is 9.64 Å². The van der Waals surface area contributed by atoms with E-state index in [1.807, 2.05) is 47.4 Å². The molecule has 2 saturated heterocycles. The number of rotatable bonds is 5. The van der Waals surface area contributed by atoms with Crippen LogP contribution in [0, 0.1) is 0 Å². The van der Waals surface area contributed by atoms with Gasteiger partial charge in [-0.15, -0.1) is 0 Å². The van der Waals surface area contributed by atoms with Gasteiger partial charge in [-0.25, -0.2) is 4.79 Å². The summed E-state index contributed by atoms with van der Waals surface area (Å²) in [6.45, 7) is 2.53. The molecular formula is C21H24N4O3. The number of amides is 3. The fourth-order valence-corrected chi connectivity index (χ4v) is 3.71. The fraction of sp³-hybridized carbons (Fsp3) is 0.381. The van der Waals surface area contributed by atoms with Crippen molar-refractivity contribution in [1.29, 1.82) is 0 Å². The van der Waals surface area contributed by atoms with Crippen molar-refractivity contribution in [2.75, 3.05) is 37.6 Å². The zero-order chi connectivity index (χ0) is 19.3. The molecule has 4 rings (SSSR count). The summed E-state index contributed by atoms with van der Waals surface area (Å²) in [7, 11) is 0. The lowest BCUT2D eigenvalue weighted by atomic mass is 10.1. The van der Waals surface area contributed by atoms with Crippen molar-refractivity contribution in [3.05, 3.63) is 54.9 Å². The number of hydrogen-bond donors (Lipinski definition) is 0. The van der Waals surface area contributed by atoms with Gasteiger partial charge in [0, 0.05) is 37.7 Å². The number of nitrogens with zero attached hydrogens (tertiary/aromatic N) is 4. The minimum Gasteiger partial charge on any atom is -0.488 e. The summed E-state index contributed by atoms with van der Waals surface area (Å²) in [5, 5.41) is 0. The van der Waals surface area contributed by atoms with E-state index in [1.54, 1.807) is 22.2 Å². The van der Waals surface area contributed by atoms with Crippen molar-refractivity contribution >= 4 is 17.6 Å². The van der Waals surface area contributed by atoms with Crippen molar-refractivity contribution in [2.24, 2.45) is 0 Å². The van der Waals surface area contributed by atoms with Crippen LogP contribution in [0.15, 0.2) is 54.9 Å². The molecule has 2 aromatic rings. The van der Waals surface area contributed by atoms with Gasteiger partial charge in [-0.05, 0) is 37.1 Å². The Kier molecular flexibility index (Phi) is 5.41. The highest BCUT2D eigenvalue weighted by Gasteiger charge is 2.33. The minimum absolute atomic E-state index is 0.0220. The first-order chi connectivity index (χ1) is 13.7. The van der Waals surface area contributed by atoms with Gasteiger partial charge in [-0.3, -0.25) is 14.7 Å². The predicted molar refractivity (Wildman–Crippen MR) is 105 cm³/mol. The number of para-hydroxylation sites is 1. The quantitative estimate of drug-likeness (QED) is 0.799. The Bertz CT molecular complexity index is 815. The molecule has 1 atom stereocenters. The molecule has 0 bridgehead atoms. The van der Waals surface area contributed by atoms with Gasteiger partial charge in [0.1, 0.15) is 18.4 Å². The summed E-state index contributed by atoms with van der Waals surface area (Å²) in [6.07, 6.45) is 5.16. The number of benzene rings is 1. The van der Waals surface area contributed by atoms with Crippen LogP contribution in [0.25, 0.3) is 0 Å². The second-order valence-corrected chi connectivity index (χ2v) is 7.10. The molecule has 0 radical (unpaired) electrons. The molecule has 2 fully saturated rings. The van der Waals surface area contributed by atoms with Gasteiger partial charge >= 0.3 is 6.03 Å². The normalized spacial score (nSPS) is 19.8. The highest BCUT2D eigenvalue weighted by molar-refractivity contribution is 5.96. The number of hydrogen-bond acceptors (Lipinski definition) is 4. The van der Waals surface area contributed by atoms with E-state index in [2.05, 4.69) is 4.98 Å². The number of carbonyl (C=O) groups excluding carboxylic acids is 2. The Morgan fingerprint density at radius 3 is 2.64 bits per heavy atom. The van der Waals surface area contributed by atoms with E-state index in [1.165, 1.54) is 0 Å². The summed E-state index contributed by atoms with van der Waals surface area (Å²) in [5.41, 5.74) is 0.867. The number of urea groups is 1. The van der Waals surface area contributed by atoms with Gasteiger partial charge in [0.15, 0.2) is 0 Å². The number of pyridine rings is 1. The van der Waals surface area contributed by atoms with Crippen molar-refractivity contribution < 1.29 is 14.3 Å². The van der Waals surface area contributed by atoms with Gasteiger partial charge in [-0.1, -0.05) is 18.2 Å². The monoisotopic (exact) mass is 380 g/mol. The fourth-order valence-electron chi connectivity index (χ4n) is 3.71. The number of anilines is 1. The van der Waals surface area contributed by atoms with Crippen LogP contribution in [-0.4, -0.2) is 65.5 Å². The second-order valence-electron chi connectivity index (χ2n) is 7.10. The third kappa shape index (κ3) is 4.08. The van der Waals surface area contributed by atoms with Gasteiger partial charge in [0.25, 0.3) is 0 Å². The zero-order valence-electron chi connectivity index (χ0n) is 15.7. The molecule has 1 aromatic heterocycles. The molecule has 1 unspecified atom stereocenters. The van der Waals surface area contributed by atoms with Crippen LogP contribution in [-0.2, 0) is 4.79 Å². The molecule has 28 heavy (non-hydrogen) atoms. The summed E-state index contributed by atoms with van der Waals surface area (Å²) < 4.78 is 5.98. The topological polar surface area (TPSA) is 66.0 Å². The van der Waals surface area contributed by atoms with E-state index in [0.29, 0.717) is 26.2 Å². The summed E-state index contributed by atoms with van der Waals surface area (Å²) >= 11 is 0. The Hall–Kier alpha value is -3.09. The largest absolute Gasteiger partial charge is 0.488 e. The van der Waals surface area contributed by atoms with Crippen LogP contribution in [0.2, 0.25) is 0 Å². The van der Waals surface area contributed by atoms with Crippen molar-refractivity contribution in [3.63, 3.8) is 0 Å². The van der Waals surface area contributed by atoms with Crippen molar-refractivity contribution in [3.8, 4) is 5.75 Å². The zero-order valence-corrected chi connectivity index (χ0v) is 15.7. The van der Waals surface area contributed by atoms with Crippen molar-refractivity contribution in [1.82, 2.24) is 14.8 Å². The molecular weight excluding hydrogens is 356 g/mol. The van der Waals surface area contributed by atoms with Gasteiger partial charge in [-0.2, -0.15) is 0 Å². The predicted octanol–water partition coefficient (Wildman–Crippen LogP) is 2.39. The average Bonchev–Trinajstić information content (AvgIpc) is 3.10. The number of likely N-dealkylation sites (tertiary alicyclic amines) is 1. The molecule has 7 nitrogen and oxygen atoms in total. The van der Waals surface area contributed by atoms with Gasteiger partial charge in [0.2, 0.25) is 5.91 Å².